The molecule has 0 fully saturated rings. The van der Waals surface area contributed by atoms with Gasteiger partial charge in [-0.25, -0.2) is 4.98 Å². The lowest BCUT2D eigenvalue weighted by atomic mass is 10.1. The summed E-state index contributed by atoms with van der Waals surface area (Å²) in [4.78, 5) is 16.9. The van der Waals surface area contributed by atoms with Crippen LogP contribution in [0.5, 0.6) is 5.75 Å². The van der Waals surface area contributed by atoms with Crippen molar-refractivity contribution < 1.29 is 9.53 Å². The summed E-state index contributed by atoms with van der Waals surface area (Å²) in [6, 6.07) is 16.4. The van der Waals surface area contributed by atoms with Crippen LogP contribution in [0.4, 0.5) is 5.13 Å². The maximum atomic E-state index is 12.5. The molecular formula is C21H19N3O2S. The lowest BCUT2D eigenvalue weighted by Gasteiger charge is -2.07. The van der Waals surface area contributed by atoms with Crippen LogP contribution in [-0.4, -0.2) is 17.5 Å². The van der Waals surface area contributed by atoms with Gasteiger partial charge in [-0.05, 0) is 36.8 Å². The molecule has 0 bridgehead atoms. The molecule has 0 spiro atoms. The molecule has 3 rings (SSSR count). The Kier molecular flexibility index (Phi) is 6.18. The first-order valence-electron chi connectivity index (χ1n) is 8.70. The number of amides is 1. The van der Waals surface area contributed by atoms with Crippen LogP contribution in [0, 0.1) is 11.3 Å². The van der Waals surface area contributed by atoms with Crippen LogP contribution in [0.25, 0.3) is 11.3 Å². The Bertz CT molecular complexity index is 958. The fourth-order valence-corrected chi connectivity index (χ4v) is 3.12. The number of carbonyl (C=O) groups excluding carboxylic acids is 1. The Morgan fingerprint density at radius 3 is 2.81 bits per heavy atom. The van der Waals surface area contributed by atoms with Crippen molar-refractivity contribution >= 4 is 22.4 Å². The third-order valence-corrected chi connectivity index (χ3v) is 4.65. The zero-order chi connectivity index (χ0) is 19.1. The average Bonchev–Trinajstić information content (AvgIpc) is 3.17. The summed E-state index contributed by atoms with van der Waals surface area (Å²) >= 11 is 1.36. The number of aromatic nitrogens is 1. The molecule has 5 nitrogen and oxygen atoms in total. The third-order valence-electron chi connectivity index (χ3n) is 3.90. The number of nitriles is 1. The molecule has 3 aromatic rings. The summed E-state index contributed by atoms with van der Waals surface area (Å²) < 4.78 is 5.65. The minimum atomic E-state index is -0.225. The predicted molar refractivity (Wildman–Crippen MR) is 107 cm³/mol. The monoisotopic (exact) mass is 377 g/mol. The first kappa shape index (κ1) is 18.6. The first-order chi connectivity index (χ1) is 13.2. The van der Waals surface area contributed by atoms with Gasteiger partial charge in [-0.2, -0.15) is 5.26 Å². The summed E-state index contributed by atoms with van der Waals surface area (Å²) in [5, 5.41) is 14.1. The van der Waals surface area contributed by atoms with E-state index in [9.17, 15) is 4.79 Å². The van der Waals surface area contributed by atoms with E-state index >= 15 is 0 Å². The van der Waals surface area contributed by atoms with Gasteiger partial charge in [0.2, 0.25) is 0 Å². The van der Waals surface area contributed by atoms with Gasteiger partial charge < -0.3 is 4.74 Å². The molecule has 6 heteroatoms. The number of unbranched alkanes of at least 4 members (excludes halogenated alkanes) is 1. The summed E-state index contributed by atoms with van der Waals surface area (Å²) in [6.07, 6.45) is 2.04. The zero-order valence-corrected chi connectivity index (χ0v) is 15.8. The van der Waals surface area contributed by atoms with Gasteiger partial charge in [0.1, 0.15) is 5.75 Å². The Hall–Kier alpha value is -3.17. The van der Waals surface area contributed by atoms with E-state index < -0.39 is 0 Å². The number of carbonyl (C=O) groups is 1. The van der Waals surface area contributed by atoms with Crippen molar-refractivity contribution in [1.29, 1.82) is 5.26 Å². The van der Waals surface area contributed by atoms with E-state index in [0.29, 0.717) is 28.6 Å². The van der Waals surface area contributed by atoms with Crippen LogP contribution in [0.1, 0.15) is 35.7 Å². The number of anilines is 1. The fourth-order valence-electron chi connectivity index (χ4n) is 2.41. The van der Waals surface area contributed by atoms with Gasteiger partial charge >= 0.3 is 0 Å². The molecule has 0 atom stereocenters. The predicted octanol–water partition coefficient (Wildman–Crippen LogP) is 5.11. The van der Waals surface area contributed by atoms with Crippen molar-refractivity contribution in [3.63, 3.8) is 0 Å². The number of benzene rings is 2. The number of hydrogen-bond donors (Lipinski definition) is 1. The summed E-state index contributed by atoms with van der Waals surface area (Å²) in [7, 11) is 0. The van der Waals surface area contributed by atoms with Gasteiger partial charge in [-0.15, -0.1) is 11.3 Å². The zero-order valence-electron chi connectivity index (χ0n) is 14.9. The van der Waals surface area contributed by atoms with Crippen LogP contribution in [-0.2, 0) is 0 Å². The molecule has 0 radical (unpaired) electrons. The molecule has 0 saturated heterocycles. The van der Waals surface area contributed by atoms with Crippen molar-refractivity contribution in [3.8, 4) is 23.1 Å². The highest BCUT2D eigenvalue weighted by atomic mass is 32.1. The molecule has 1 heterocycles. The fraction of sp³-hybridized carbons (Fsp3) is 0.190. The van der Waals surface area contributed by atoms with Crippen LogP contribution in [0.3, 0.4) is 0 Å². The normalized spacial score (nSPS) is 10.2. The topological polar surface area (TPSA) is 75.0 Å². The lowest BCUT2D eigenvalue weighted by Crippen LogP contribution is -2.11. The molecule has 2 aromatic carbocycles. The highest BCUT2D eigenvalue weighted by Crippen LogP contribution is 2.25. The molecule has 1 amide bonds. The highest BCUT2D eigenvalue weighted by Gasteiger charge is 2.11. The highest BCUT2D eigenvalue weighted by molar-refractivity contribution is 7.14. The second-order valence-corrected chi connectivity index (χ2v) is 6.77. The quantitative estimate of drug-likeness (QED) is 0.580. The summed E-state index contributed by atoms with van der Waals surface area (Å²) in [5.74, 6) is 0.463. The second kappa shape index (κ2) is 8.97. The smallest absolute Gasteiger partial charge is 0.257 e. The van der Waals surface area contributed by atoms with Gasteiger partial charge in [0, 0.05) is 16.5 Å². The van der Waals surface area contributed by atoms with E-state index in [2.05, 4.69) is 23.3 Å². The maximum absolute atomic E-state index is 12.5. The van der Waals surface area contributed by atoms with E-state index in [4.69, 9.17) is 10.00 Å². The van der Waals surface area contributed by atoms with Crippen LogP contribution in [0.2, 0.25) is 0 Å². The standard InChI is InChI=1S/C21H19N3O2S/c1-2-3-11-26-18-6-4-5-17(12-18)20(25)24-21-23-19(14-27-21)16-9-7-15(13-22)8-10-16/h4-10,12,14H,2-3,11H2,1H3,(H,23,24,25). The third kappa shape index (κ3) is 4.93. The second-order valence-electron chi connectivity index (χ2n) is 5.91. The molecule has 1 aromatic heterocycles. The molecule has 0 saturated carbocycles. The van der Waals surface area contributed by atoms with Crippen molar-refractivity contribution in [3.05, 3.63) is 65.0 Å². The number of thiazole rings is 1. The molecule has 136 valence electrons. The van der Waals surface area contributed by atoms with Crippen molar-refractivity contribution in [2.45, 2.75) is 19.8 Å². The molecule has 0 unspecified atom stereocenters. The van der Waals surface area contributed by atoms with E-state index in [1.807, 2.05) is 23.6 Å². The van der Waals surface area contributed by atoms with E-state index in [-0.39, 0.29) is 5.91 Å². The van der Waals surface area contributed by atoms with E-state index in [1.165, 1.54) is 11.3 Å². The van der Waals surface area contributed by atoms with Gasteiger partial charge in [0.05, 0.1) is 23.9 Å². The number of nitrogens with one attached hydrogen (secondary N) is 1. The van der Waals surface area contributed by atoms with Gasteiger partial charge in [-0.3, -0.25) is 10.1 Å². The van der Waals surface area contributed by atoms with Gasteiger partial charge in [-0.1, -0.05) is 31.5 Å². The number of ether oxygens (including phenoxy) is 1. The molecule has 27 heavy (non-hydrogen) atoms. The summed E-state index contributed by atoms with van der Waals surface area (Å²) in [5.41, 5.74) is 2.79. The number of nitrogens with zero attached hydrogens (tertiary/aromatic N) is 2. The number of hydrogen-bond acceptors (Lipinski definition) is 5. The largest absolute Gasteiger partial charge is 0.494 e. The van der Waals surface area contributed by atoms with Crippen LogP contribution < -0.4 is 10.1 Å². The van der Waals surface area contributed by atoms with Crippen molar-refractivity contribution in [1.82, 2.24) is 4.98 Å². The first-order valence-corrected chi connectivity index (χ1v) is 9.58. The van der Waals surface area contributed by atoms with Crippen LogP contribution >= 0.6 is 11.3 Å². The molecular weight excluding hydrogens is 358 g/mol. The maximum Gasteiger partial charge on any atom is 0.257 e. The average molecular weight is 377 g/mol. The van der Waals surface area contributed by atoms with Crippen LogP contribution in [0.15, 0.2) is 53.9 Å². The SMILES string of the molecule is CCCCOc1cccc(C(=O)Nc2nc(-c3ccc(C#N)cc3)cs2)c1. The minimum Gasteiger partial charge on any atom is -0.494 e. The Morgan fingerprint density at radius 1 is 1.26 bits per heavy atom. The van der Waals surface area contributed by atoms with E-state index in [1.54, 1.807) is 30.3 Å². The van der Waals surface area contributed by atoms with E-state index in [0.717, 1.165) is 24.1 Å². The minimum absolute atomic E-state index is 0.225. The number of rotatable bonds is 7. The molecule has 0 aliphatic rings. The molecule has 0 aliphatic heterocycles. The Balaban J connectivity index is 1.67. The van der Waals surface area contributed by atoms with Crippen molar-refractivity contribution in [2.75, 3.05) is 11.9 Å². The summed E-state index contributed by atoms with van der Waals surface area (Å²) in [6.45, 7) is 2.75. The molecule has 0 aliphatic carbocycles. The molecule has 1 N–H and O–H groups in total. The lowest BCUT2D eigenvalue weighted by molar-refractivity contribution is 0.102. The van der Waals surface area contributed by atoms with Gasteiger partial charge in [0.25, 0.3) is 5.91 Å². The Labute approximate surface area is 162 Å². The van der Waals surface area contributed by atoms with Crippen molar-refractivity contribution in [2.24, 2.45) is 0 Å². The van der Waals surface area contributed by atoms with Gasteiger partial charge in [0.15, 0.2) is 5.13 Å². The Morgan fingerprint density at radius 2 is 2.07 bits per heavy atom.